The minimum absolute atomic E-state index is 0.142. The summed E-state index contributed by atoms with van der Waals surface area (Å²) in [5.74, 6) is -0.110. The minimum atomic E-state index is -3.87. The van der Waals surface area contributed by atoms with Crippen LogP contribution >= 0.6 is 11.3 Å². The van der Waals surface area contributed by atoms with Crippen molar-refractivity contribution in [3.05, 3.63) is 70.9 Å². The highest BCUT2D eigenvalue weighted by atomic mass is 32.2. The van der Waals surface area contributed by atoms with Crippen LogP contribution in [0.25, 0.3) is 0 Å². The first-order valence-corrected chi connectivity index (χ1v) is 9.34. The molecule has 1 aromatic heterocycles. The summed E-state index contributed by atoms with van der Waals surface area (Å²) in [7, 11) is -3.87. The average molecular weight is 364 g/mol. The molecule has 0 amide bonds. The average Bonchev–Trinajstić information content (AvgIpc) is 3.06. The molecule has 0 bridgehead atoms. The molecule has 124 valence electrons. The lowest BCUT2D eigenvalue weighted by Gasteiger charge is -2.10. The lowest BCUT2D eigenvalue weighted by Crippen LogP contribution is -2.13. The summed E-state index contributed by atoms with van der Waals surface area (Å²) in [5, 5.41) is 1.87. The van der Waals surface area contributed by atoms with Crippen LogP contribution in [0.5, 0.6) is 5.75 Å². The van der Waals surface area contributed by atoms with Crippen molar-refractivity contribution < 1.29 is 17.5 Å². The smallest absolute Gasteiger partial charge is 0.261 e. The Morgan fingerprint density at radius 2 is 2.00 bits per heavy atom. The number of hydrogen-bond acceptors (Lipinski definition) is 5. The van der Waals surface area contributed by atoms with Crippen molar-refractivity contribution in [2.75, 3.05) is 4.72 Å². The number of benzene rings is 2. The second-order valence-electron chi connectivity index (χ2n) is 4.86. The Labute approximate surface area is 142 Å². The van der Waals surface area contributed by atoms with E-state index in [4.69, 9.17) is 4.74 Å². The summed E-state index contributed by atoms with van der Waals surface area (Å²) in [6, 6.07) is 11.4. The summed E-state index contributed by atoms with van der Waals surface area (Å²) in [4.78, 5) is 3.97. The number of hydrogen-bond donors (Lipinski definition) is 1. The van der Waals surface area contributed by atoms with Crippen molar-refractivity contribution in [3.63, 3.8) is 0 Å². The number of halogens is 1. The maximum atomic E-state index is 13.2. The van der Waals surface area contributed by atoms with Gasteiger partial charge < -0.3 is 4.74 Å². The van der Waals surface area contributed by atoms with E-state index >= 15 is 0 Å². The van der Waals surface area contributed by atoms with Crippen LogP contribution < -0.4 is 9.46 Å². The second-order valence-corrected chi connectivity index (χ2v) is 7.26. The Kier molecular flexibility index (Phi) is 4.77. The van der Waals surface area contributed by atoms with Crippen LogP contribution in [0, 0.1) is 5.82 Å². The summed E-state index contributed by atoms with van der Waals surface area (Å²) >= 11 is 1.47. The summed E-state index contributed by atoms with van der Waals surface area (Å²) < 4.78 is 45.8. The topological polar surface area (TPSA) is 68.3 Å². The lowest BCUT2D eigenvalue weighted by atomic mass is 10.3. The quantitative estimate of drug-likeness (QED) is 0.725. The van der Waals surface area contributed by atoms with Crippen LogP contribution in [0.15, 0.2) is 64.3 Å². The Balaban J connectivity index is 1.74. The number of sulfonamides is 1. The number of thiazole rings is 1. The number of anilines is 1. The van der Waals surface area contributed by atoms with Crippen LogP contribution in [-0.4, -0.2) is 13.4 Å². The van der Waals surface area contributed by atoms with Gasteiger partial charge in [-0.3, -0.25) is 4.72 Å². The van der Waals surface area contributed by atoms with E-state index in [1.54, 1.807) is 29.8 Å². The highest BCUT2D eigenvalue weighted by Crippen LogP contribution is 2.22. The predicted octanol–water partition coefficient (Wildman–Crippen LogP) is 3.66. The van der Waals surface area contributed by atoms with Crippen molar-refractivity contribution >= 4 is 27.0 Å². The lowest BCUT2D eigenvalue weighted by molar-refractivity contribution is 0.302. The zero-order valence-corrected chi connectivity index (χ0v) is 14.0. The first-order chi connectivity index (χ1) is 11.5. The van der Waals surface area contributed by atoms with Gasteiger partial charge in [0, 0.05) is 11.4 Å². The van der Waals surface area contributed by atoms with Gasteiger partial charge in [0.2, 0.25) is 0 Å². The van der Waals surface area contributed by atoms with E-state index in [0.29, 0.717) is 18.0 Å². The SMILES string of the molecule is O=S(=O)(Nc1cccc(OCc2cscn2)c1)c1cccc(F)c1. The molecule has 0 unspecified atom stereocenters. The van der Waals surface area contributed by atoms with Gasteiger partial charge in [-0.25, -0.2) is 17.8 Å². The predicted molar refractivity (Wildman–Crippen MR) is 90.1 cm³/mol. The van der Waals surface area contributed by atoms with Gasteiger partial charge in [0.05, 0.1) is 21.8 Å². The summed E-state index contributed by atoms with van der Waals surface area (Å²) in [6.45, 7) is 0.295. The van der Waals surface area contributed by atoms with E-state index in [0.717, 1.165) is 11.8 Å². The van der Waals surface area contributed by atoms with Gasteiger partial charge in [0.1, 0.15) is 18.2 Å². The van der Waals surface area contributed by atoms with Crippen molar-refractivity contribution in [2.24, 2.45) is 0 Å². The molecule has 2 aromatic carbocycles. The second kappa shape index (κ2) is 6.98. The number of rotatable bonds is 6. The van der Waals surface area contributed by atoms with Crippen LogP contribution in [0.1, 0.15) is 5.69 Å². The molecule has 3 aromatic rings. The molecule has 24 heavy (non-hydrogen) atoms. The van der Waals surface area contributed by atoms with E-state index in [9.17, 15) is 12.8 Å². The largest absolute Gasteiger partial charge is 0.487 e. The van der Waals surface area contributed by atoms with Crippen molar-refractivity contribution in [2.45, 2.75) is 11.5 Å². The van der Waals surface area contributed by atoms with Crippen molar-refractivity contribution in [1.29, 1.82) is 0 Å². The molecule has 8 heteroatoms. The fourth-order valence-electron chi connectivity index (χ4n) is 1.96. The monoisotopic (exact) mass is 364 g/mol. The van der Waals surface area contributed by atoms with Crippen LogP contribution in [-0.2, 0) is 16.6 Å². The Morgan fingerprint density at radius 3 is 2.75 bits per heavy atom. The van der Waals surface area contributed by atoms with Gasteiger partial charge in [-0.1, -0.05) is 12.1 Å². The van der Waals surface area contributed by atoms with Crippen LogP contribution in [0.2, 0.25) is 0 Å². The molecule has 0 aliphatic carbocycles. The van der Waals surface area contributed by atoms with Gasteiger partial charge in [0.15, 0.2) is 0 Å². The Hall–Kier alpha value is -2.45. The molecule has 0 aliphatic rings. The molecular weight excluding hydrogens is 351 g/mol. The standard InChI is InChI=1S/C16H13FN2O3S2/c17-12-3-1-6-16(7-12)24(20,21)19-13-4-2-5-15(8-13)22-9-14-10-23-11-18-14/h1-8,10-11,19H,9H2. The Bertz CT molecular complexity index is 928. The molecule has 0 saturated carbocycles. The van der Waals surface area contributed by atoms with E-state index in [-0.39, 0.29) is 4.90 Å². The van der Waals surface area contributed by atoms with Gasteiger partial charge in [-0.05, 0) is 30.3 Å². The molecule has 5 nitrogen and oxygen atoms in total. The zero-order chi connectivity index (χ0) is 17.0. The highest BCUT2D eigenvalue weighted by molar-refractivity contribution is 7.92. The number of ether oxygens (including phenoxy) is 1. The first-order valence-electron chi connectivity index (χ1n) is 6.91. The Morgan fingerprint density at radius 1 is 1.17 bits per heavy atom. The fraction of sp³-hybridized carbons (Fsp3) is 0.0625. The highest BCUT2D eigenvalue weighted by Gasteiger charge is 2.15. The number of nitrogens with zero attached hydrogens (tertiary/aromatic N) is 1. The van der Waals surface area contributed by atoms with Crippen LogP contribution in [0.4, 0.5) is 10.1 Å². The maximum Gasteiger partial charge on any atom is 0.261 e. The third-order valence-electron chi connectivity index (χ3n) is 3.06. The van der Waals surface area contributed by atoms with Gasteiger partial charge in [0.25, 0.3) is 10.0 Å². The van der Waals surface area contributed by atoms with E-state index in [2.05, 4.69) is 9.71 Å². The molecule has 0 spiro atoms. The molecule has 1 heterocycles. The van der Waals surface area contributed by atoms with Gasteiger partial charge in [-0.15, -0.1) is 11.3 Å². The normalized spacial score (nSPS) is 11.2. The summed E-state index contributed by atoms with van der Waals surface area (Å²) in [5.41, 5.74) is 2.84. The first kappa shape index (κ1) is 16.4. The summed E-state index contributed by atoms with van der Waals surface area (Å²) in [6.07, 6.45) is 0. The van der Waals surface area contributed by atoms with E-state index < -0.39 is 15.8 Å². The van der Waals surface area contributed by atoms with E-state index in [1.165, 1.54) is 29.5 Å². The van der Waals surface area contributed by atoms with Gasteiger partial charge in [-0.2, -0.15) is 0 Å². The molecule has 0 saturated heterocycles. The third kappa shape index (κ3) is 4.09. The van der Waals surface area contributed by atoms with Crippen LogP contribution in [0.3, 0.4) is 0 Å². The maximum absolute atomic E-state index is 13.2. The molecule has 0 atom stereocenters. The van der Waals surface area contributed by atoms with Crippen molar-refractivity contribution in [1.82, 2.24) is 4.98 Å². The van der Waals surface area contributed by atoms with Gasteiger partial charge >= 0.3 is 0 Å². The molecule has 0 radical (unpaired) electrons. The number of nitrogens with one attached hydrogen (secondary N) is 1. The third-order valence-corrected chi connectivity index (χ3v) is 5.08. The van der Waals surface area contributed by atoms with E-state index in [1.807, 2.05) is 5.38 Å². The molecule has 1 N–H and O–H groups in total. The minimum Gasteiger partial charge on any atom is -0.487 e. The fourth-order valence-corrected chi connectivity index (χ4v) is 3.59. The molecular formula is C16H13FN2O3S2. The number of aromatic nitrogens is 1. The molecule has 3 rings (SSSR count). The molecule has 0 fully saturated rings. The molecule has 0 aliphatic heterocycles. The van der Waals surface area contributed by atoms with Crippen molar-refractivity contribution in [3.8, 4) is 5.75 Å². The zero-order valence-electron chi connectivity index (χ0n) is 12.3.